The van der Waals surface area contributed by atoms with Crippen LogP contribution in [0.2, 0.25) is 5.02 Å². The highest BCUT2D eigenvalue weighted by Gasteiger charge is 2.43. The molecule has 0 atom stereocenters. The van der Waals surface area contributed by atoms with Crippen LogP contribution in [0, 0.1) is 10.1 Å². The van der Waals surface area contributed by atoms with Crippen molar-refractivity contribution in [1.82, 2.24) is 0 Å². The van der Waals surface area contributed by atoms with Crippen molar-refractivity contribution in [1.29, 1.82) is 0 Å². The molecule has 90 valence electrons. The van der Waals surface area contributed by atoms with Gasteiger partial charge < -0.3 is 4.90 Å². The van der Waals surface area contributed by atoms with E-state index < -0.39 is 10.3 Å². The third-order valence-electron chi connectivity index (χ3n) is 3.14. The average molecular weight is 255 g/mol. The van der Waals surface area contributed by atoms with Crippen LogP contribution in [0.15, 0.2) is 12.1 Å². The number of nitrogens with zero attached hydrogens (tertiary/aromatic N) is 2. The molecule has 0 spiro atoms. The molecule has 1 aliphatic heterocycles. The van der Waals surface area contributed by atoms with Gasteiger partial charge in [-0.05, 0) is 25.5 Å². The molecule has 6 heteroatoms. The van der Waals surface area contributed by atoms with Gasteiger partial charge in [0, 0.05) is 18.8 Å². The first-order valence-corrected chi connectivity index (χ1v) is 5.41. The number of hydrogen-bond acceptors (Lipinski definition) is 3. The van der Waals surface area contributed by atoms with Gasteiger partial charge in [0.1, 0.15) is 5.02 Å². The summed E-state index contributed by atoms with van der Waals surface area (Å²) in [6.45, 7) is 3.49. The highest BCUT2D eigenvalue weighted by atomic mass is 35.5. The largest absolute Gasteiger partial charge is 0.314 e. The fourth-order valence-electron chi connectivity index (χ4n) is 2.11. The second-order valence-corrected chi connectivity index (χ2v) is 4.97. The van der Waals surface area contributed by atoms with Crippen molar-refractivity contribution in [3.8, 4) is 0 Å². The third kappa shape index (κ3) is 1.50. The van der Waals surface area contributed by atoms with Crippen molar-refractivity contribution in [2.45, 2.75) is 19.3 Å². The van der Waals surface area contributed by atoms with E-state index in [1.54, 1.807) is 20.9 Å². The fraction of sp³-hybridized carbons (Fsp3) is 0.364. The Labute approximate surface area is 103 Å². The average Bonchev–Trinajstić information content (AvgIpc) is 2.39. The maximum Gasteiger partial charge on any atom is 0.288 e. The van der Waals surface area contributed by atoms with E-state index in [0.717, 1.165) is 0 Å². The molecular formula is C11H11ClN2O3. The zero-order valence-corrected chi connectivity index (χ0v) is 10.4. The molecule has 0 unspecified atom stereocenters. The van der Waals surface area contributed by atoms with Crippen molar-refractivity contribution < 1.29 is 9.72 Å². The number of nitro groups is 1. The number of rotatable bonds is 1. The molecule has 0 aromatic heterocycles. The lowest BCUT2D eigenvalue weighted by Crippen LogP contribution is -2.33. The maximum absolute atomic E-state index is 12.0. The van der Waals surface area contributed by atoms with Crippen LogP contribution in [-0.4, -0.2) is 17.9 Å². The molecule has 5 nitrogen and oxygen atoms in total. The molecule has 1 amide bonds. The monoisotopic (exact) mass is 254 g/mol. The zero-order valence-electron chi connectivity index (χ0n) is 9.65. The Balaban J connectivity index is 2.73. The molecule has 1 aromatic carbocycles. The van der Waals surface area contributed by atoms with Crippen molar-refractivity contribution in [3.63, 3.8) is 0 Å². The minimum absolute atomic E-state index is 0.0473. The van der Waals surface area contributed by atoms with Gasteiger partial charge in [-0.2, -0.15) is 0 Å². The number of benzene rings is 1. The van der Waals surface area contributed by atoms with Crippen LogP contribution in [0.3, 0.4) is 0 Å². The van der Waals surface area contributed by atoms with E-state index in [2.05, 4.69) is 0 Å². The number of fused-ring (bicyclic) bond motifs is 1. The lowest BCUT2D eigenvalue weighted by atomic mass is 9.86. The SMILES string of the molecule is CN1C(=O)C(C)(C)c2cc([N+](=O)[O-])c(Cl)cc21. The Kier molecular flexibility index (Phi) is 2.39. The van der Waals surface area contributed by atoms with Crippen LogP contribution < -0.4 is 4.90 Å². The first kappa shape index (κ1) is 11.9. The van der Waals surface area contributed by atoms with Crippen molar-refractivity contribution in [2.24, 2.45) is 0 Å². The molecule has 0 N–H and O–H groups in total. The molecule has 2 rings (SSSR count). The van der Waals surface area contributed by atoms with Crippen molar-refractivity contribution in [2.75, 3.05) is 11.9 Å². The van der Waals surface area contributed by atoms with Gasteiger partial charge in [-0.15, -0.1) is 0 Å². The highest BCUT2D eigenvalue weighted by molar-refractivity contribution is 6.33. The van der Waals surface area contributed by atoms with Crippen molar-refractivity contribution >= 4 is 28.9 Å². The molecule has 0 fully saturated rings. The number of anilines is 1. The number of halogens is 1. The number of carbonyl (C=O) groups excluding carboxylic acids is 1. The molecule has 1 aliphatic rings. The Morgan fingerprint density at radius 2 is 2.00 bits per heavy atom. The molecule has 0 radical (unpaired) electrons. The Hall–Kier alpha value is -1.62. The van der Waals surface area contributed by atoms with Gasteiger partial charge in [0.15, 0.2) is 0 Å². The topological polar surface area (TPSA) is 63.5 Å². The summed E-state index contributed by atoms with van der Waals surface area (Å²) in [5.74, 6) is -0.0935. The van der Waals surface area contributed by atoms with E-state index in [4.69, 9.17) is 11.6 Å². The van der Waals surface area contributed by atoms with Gasteiger partial charge in [0.2, 0.25) is 5.91 Å². The van der Waals surface area contributed by atoms with E-state index in [0.29, 0.717) is 11.3 Å². The summed E-state index contributed by atoms with van der Waals surface area (Å²) < 4.78 is 0. The summed E-state index contributed by atoms with van der Waals surface area (Å²) in [4.78, 5) is 23.7. The molecule has 0 aliphatic carbocycles. The highest BCUT2D eigenvalue weighted by Crippen LogP contribution is 2.44. The van der Waals surface area contributed by atoms with Crippen LogP contribution >= 0.6 is 11.6 Å². The minimum atomic E-state index is -0.751. The number of carbonyl (C=O) groups is 1. The van der Waals surface area contributed by atoms with Crippen LogP contribution in [0.25, 0.3) is 0 Å². The molecule has 0 saturated carbocycles. The van der Waals surface area contributed by atoms with Crippen LogP contribution in [0.5, 0.6) is 0 Å². The normalized spacial score (nSPS) is 17.2. The van der Waals surface area contributed by atoms with Gasteiger partial charge in [-0.25, -0.2) is 0 Å². The predicted octanol–water partition coefficient (Wildman–Crippen LogP) is 2.50. The molecular weight excluding hydrogens is 244 g/mol. The van der Waals surface area contributed by atoms with Crippen LogP contribution in [0.1, 0.15) is 19.4 Å². The van der Waals surface area contributed by atoms with E-state index in [9.17, 15) is 14.9 Å². The molecule has 0 saturated heterocycles. The predicted molar refractivity (Wildman–Crippen MR) is 64.5 cm³/mol. The van der Waals surface area contributed by atoms with E-state index in [1.165, 1.54) is 17.0 Å². The summed E-state index contributed by atoms with van der Waals surface area (Å²) >= 11 is 5.83. The van der Waals surface area contributed by atoms with Gasteiger partial charge in [0.05, 0.1) is 10.3 Å². The number of hydrogen-bond donors (Lipinski definition) is 0. The number of likely N-dealkylation sites (N-methyl/N-ethyl adjacent to an activating group) is 1. The number of nitro benzene ring substituents is 1. The summed E-state index contributed by atoms with van der Waals surface area (Å²) in [5, 5.41) is 10.9. The quantitative estimate of drug-likeness (QED) is 0.571. The van der Waals surface area contributed by atoms with Gasteiger partial charge in [-0.3, -0.25) is 14.9 Å². The smallest absolute Gasteiger partial charge is 0.288 e. The minimum Gasteiger partial charge on any atom is -0.314 e. The standard InChI is InChI=1S/C11H11ClN2O3/c1-11(2)6-4-9(14(16)17)7(12)5-8(6)13(3)10(11)15/h4-5H,1-3H3. The first-order valence-electron chi connectivity index (χ1n) is 5.03. The molecule has 1 aromatic rings. The lowest BCUT2D eigenvalue weighted by Gasteiger charge is -2.16. The first-order chi connectivity index (χ1) is 7.76. The zero-order chi connectivity index (χ0) is 13.0. The summed E-state index contributed by atoms with van der Waals surface area (Å²) in [6, 6.07) is 2.86. The molecule has 0 bridgehead atoms. The van der Waals surface area contributed by atoms with Crippen molar-refractivity contribution in [3.05, 3.63) is 32.8 Å². The Morgan fingerprint density at radius 1 is 1.41 bits per heavy atom. The Morgan fingerprint density at radius 3 is 2.53 bits per heavy atom. The lowest BCUT2D eigenvalue weighted by molar-refractivity contribution is -0.384. The second-order valence-electron chi connectivity index (χ2n) is 4.57. The van der Waals surface area contributed by atoms with Crippen LogP contribution in [0.4, 0.5) is 11.4 Å². The maximum atomic E-state index is 12.0. The van der Waals surface area contributed by atoms with Gasteiger partial charge >= 0.3 is 0 Å². The fourth-order valence-corrected chi connectivity index (χ4v) is 2.34. The molecule has 17 heavy (non-hydrogen) atoms. The van der Waals surface area contributed by atoms with Gasteiger partial charge in [0.25, 0.3) is 5.69 Å². The van der Waals surface area contributed by atoms with Crippen LogP contribution in [-0.2, 0) is 10.2 Å². The third-order valence-corrected chi connectivity index (χ3v) is 3.44. The second kappa shape index (κ2) is 3.43. The van der Waals surface area contributed by atoms with E-state index in [1.807, 2.05) is 0 Å². The summed E-state index contributed by atoms with van der Waals surface area (Å²) in [7, 11) is 1.64. The molecule has 1 heterocycles. The Bertz CT molecular complexity index is 540. The summed E-state index contributed by atoms with van der Waals surface area (Å²) in [6.07, 6.45) is 0. The van der Waals surface area contributed by atoms with E-state index >= 15 is 0 Å². The number of amides is 1. The van der Waals surface area contributed by atoms with Gasteiger partial charge in [-0.1, -0.05) is 11.6 Å². The van der Waals surface area contributed by atoms with E-state index in [-0.39, 0.29) is 16.6 Å². The summed E-state index contributed by atoms with van der Waals surface area (Å²) in [5.41, 5.74) is 0.359.